The fourth-order valence-corrected chi connectivity index (χ4v) is 3.67. The van der Waals surface area contributed by atoms with E-state index in [1.54, 1.807) is 42.5 Å². The van der Waals surface area contributed by atoms with Gasteiger partial charge in [-0.15, -0.1) is 0 Å². The number of sulfonamides is 1. The van der Waals surface area contributed by atoms with Gasteiger partial charge < -0.3 is 0 Å². The fourth-order valence-electron chi connectivity index (χ4n) is 2.12. The standard InChI is InChI=1S/C15H17NO3S/c1-12-8-10-15(11-9-12,13(2)17)20(18,19)16-14-6-4-3-5-7-14/h3-10,16H,11H2,1-2H3. The molecule has 1 aliphatic carbocycles. The Morgan fingerprint density at radius 2 is 1.90 bits per heavy atom. The molecule has 1 unspecified atom stereocenters. The van der Waals surface area contributed by atoms with E-state index in [-0.39, 0.29) is 12.2 Å². The number of para-hydroxylation sites is 1. The first-order valence-corrected chi connectivity index (χ1v) is 7.80. The van der Waals surface area contributed by atoms with Gasteiger partial charge in [0.1, 0.15) is 0 Å². The summed E-state index contributed by atoms with van der Waals surface area (Å²) in [6, 6.07) is 8.57. The Morgan fingerprint density at radius 1 is 1.25 bits per heavy atom. The first-order chi connectivity index (χ1) is 9.37. The second kappa shape index (κ2) is 5.25. The van der Waals surface area contributed by atoms with Crippen molar-refractivity contribution in [1.82, 2.24) is 0 Å². The number of nitrogens with one attached hydrogen (secondary N) is 1. The number of hydrogen-bond donors (Lipinski definition) is 1. The molecular weight excluding hydrogens is 274 g/mol. The zero-order chi connectivity index (χ0) is 14.8. The van der Waals surface area contributed by atoms with E-state index in [9.17, 15) is 13.2 Å². The molecule has 4 nitrogen and oxygen atoms in total. The number of allylic oxidation sites excluding steroid dienone is 3. The molecule has 0 heterocycles. The van der Waals surface area contributed by atoms with Crippen molar-refractivity contribution in [3.05, 3.63) is 54.1 Å². The predicted molar refractivity (Wildman–Crippen MR) is 79.9 cm³/mol. The molecular formula is C15H17NO3S. The molecule has 1 atom stereocenters. The number of carbonyl (C=O) groups excluding carboxylic acids is 1. The van der Waals surface area contributed by atoms with Crippen LogP contribution < -0.4 is 4.72 Å². The number of ketones is 1. The maximum atomic E-state index is 12.6. The molecule has 1 aromatic rings. The van der Waals surface area contributed by atoms with E-state index in [4.69, 9.17) is 0 Å². The molecule has 5 heteroatoms. The van der Waals surface area contributed by atoms with Gasteiger partial charge in [0.15, 0.2) is 10.5 Å². The molecule has 0 saturated heterocycles. The summed E-state index contributed by atoms with van der Waals surface area (Å²) < 4.78 is 26.2. The smallest absolute Gasteiger partial charge is 0.249 e. The summed E-state index contributed by atoms with van der Waals surface area (Å²) in [5.74, 6) is -0.388. The summed E-state index contributed by atoms with van der Waals surface area (Å²) >= 11 is 0. The summed E-state index contributed by atoms with van der Waals surface area (Å²) in [5, 5.41) is 0. The topological polar surface area (TPSA) is 63.2 Å². The van der Waals surface area contributed by atoms with Crippen LogP contribution in [0.25, 0.3) is 0 Å². The van der Waals surface area contributed by atoms with Crippen LogP contribution in [0.1, 0.15) is 20.3 Å². The largest absolute Gasteiger partial charge is 0.298 e. The second-order valence-electron chi connectivity index (χ2n) is 4.90. The van der Waals surface area contributed by atoms with Gasteiger partial charge in [0.2, 0.25) is 10.0 Å². The van der Waals surface area contributed by atoms with Gasteiger partial charge in [-0.3, -0.25) is 9.52 Å². The van der Waals surface area contributed by atoms with E-state index in [2.05, 4.69) is 4.72 Å². The monoisotopic (exact) mass is 291 g/mol. The Balaban J connectivity index is 2.40. The summed E-state index contributed by atoms with van der Waals surface area (Å²) in [7, 11) is -3.85. The molecule has 20 heavy (non-hydrogen) atoms. The molecule has 0 bridgehead atoms. The molecule has 1 aliphatic rings. The molecule has 2 rings (SSSR count). The van der Waals surface area contributed by atoms with Crippen molar-refractivity contribution in [3.8, 4) is 0 Å². The van der Waals surface area contributed by atoms with Crippen molar-refractivity contribution in [2.75, 3.05) is 4.72 Å². The van der Waals surface area contributed by atoms with Crippen LogP contribution in [0.4, 0.5) is 5.69 Å². The lowest BCUT2D eigenvalue weighted by molar-refractivity contribution is -0.118. The number of hydrogen-bond acceptors (Lipinski definition) is 3. The highest BCUT2D eigenvalue weighted by molar-refractivity contribution is 7.95. The van der Waals surface area contributed by atoms with Crippen molar-refractivity contribution in [2.24, 2.45) is 0 Å². The van der Waals surface area contributed by atoms with Crippen LogP contribution in [0.5, 0.6) is 0 Å². The minimum Gasteiger partial charge on any atom is -0.298 e. The van der Waals surface area contributed by atoms with Gasteiger partial charge in [0, 0.05) is 5.69 Å². The van der Waals surface area contributed by atoms with Gasteiger partial charge >= 0.3 is 0 Å². The first-order valence-electron chi connectivity index (χ1n) is 6.32. The molecule has 0 spiro atoms. The maximum Gasteiger partial charge on any atom is 0.249 e. The lowest BCUT2D eigenvalue weighted by atomic mass is 9.93. The Kier molecular flexibility index (Phi) is 3.81. The first kappa shape index (κ1) is 14.5. The zero-order valence-corrected chi connectivity index (χ0v) is 12.3. The summed E-state index contributed by atoms with van der Waals surface area (Å²) in [6.07, 6.45) is 5.09. The quantitative estimate of drug-likeness (QED) is 0.927. The van der Waals surface area contributed by atoms with Crippen molar-refractivity contribution >= 4 is 21.5 Å². The van der Waals surface area contributed by atoms with Crippen LogP contribution in [0.2, 0.25) is 0 Å². The number of rotatable bonds is 4. The lowest BCUT2D eigenvalue weighted by Crippen LogP contribution is -2.47. The Hall–Kier alpha value is -1.88. The van der Waals surface area contributed by atoms with Crippen LogP contribution in [-0.2, 0) is 14.8 Å². The Labute approximate surface area is 119 Å². The lowest BCUT2D eigenvalue weighted by Gasteiger charge is -2.29. The average molecular weight is 291 g/mol. The third kappa shape index (κ3) is 2.54. The normalized spacial score (nSPS) is 22.2. The van der Waals surface area contributed by atoms with Crippen LogP contribution in [0, 0.1) is 0 Å². The minimum atomic E-state index is -3.85. The van der Waals surface area contributed by atoms with E-state index in [0.717, 1.165) is 5.57 Å². The van der Waals surface area contributed by atoms with Crippen LogP contribution in [0.3, 0.4) is 0 Å². The Bertz CT molecular complexity index is 674. The Morgan fingerprint density at radius 3 is 2.40 bits per heavy atom. The number of carbonyl (C=O) groups is 1. The van der Waals surface area contributed by atoms with Crippen molar-refractivity contribution in [3.63, 3.8) is 0 Å². The average Bonchev–Trinajstić information content (AvgIpc) is 2.39. The highest BCUT2D eigenvalue weighted by atomic mass is 32.2. The van der Waals surface area contributed by atoms with E-state index >= 15 is 0 Å². The van der Waals surface area contributed by atoms with Gasteiger partial charge in [0.25, 0.3) is 0 Å². The molecule has 1 N–H and O–H groups in total. The van der Waals surface area contributed by atoms with E-state index in [1.165, 1.54) is 13.0 Å². The number of Topliss-reactive ketones (excluding diaryl/α,β-unsaturated/α-hetero) is 1. The number of benzene rings is 1. The van der Waals surface area contributed by atoms with Gasteiger partial charge in [-0.1, -0.05) is 42.0 Å². The van der Waals surface area contributed by atoms with Gasteiger partial charge in [-0.2, -0.15) is 0 Å². The molecule has 1 aromatic carbocycles. The van der Waals surface area contributed by atoms with Crippen molar-refractivity contribution in [1.29, 1.82) is 0 Å². The summed E-state index contributed by atoms with van der Waals surface area (Å²) in [6.45, 7) is 3.18. The third-order valence-electron chi connectivity index (χ3n) is 3.44. The zero-order valence-electron chi connectivity index (χ0n) is 11.5. The molecule has 106 valence electrons. The SMILES string of the molecule is CC(=O)C1(S(=O)(=O)Nc2ccccc2)C=CC(C)=CC1. The molecule has 0 saturated carbocycles. The molecule has 0 amide bonds. The maximum absolute atomic E-state index is 12.6. The van der Waals surface area contributed by atoms with Gasteiger partial charge in [-0.05, 0) is 32.4 Å². The van der Waals surface area contributed by atoms with E-state index in [1.807, 2.05) is 6.92 Å². The number of anilines is 1. The minimum absolute atomic E-state index is 0.160. The van der Waals surface area contributed by atoms with Crippen LogP contribution >= 0.6 is 0 Å². The highest BCUT2D eigenvalue weighted by Crippen LogP contribution is 2.31. The van der Waals surface area contributed by atoms with E-state index in [0.29, 0.717) is 5.69 Å². The van der Waals surface area contributed by atoms with Gasteiger partial charge in [-0.25, -0.2) is 8.42 Å². The second-order valence-corrected chi connectivity index (χ2v) is 6.84. The third-order valence-corrected chi connectivity index (χ3v) is 5.50. The molecule has 0 fully saturated rings. The molecule has 0 radical (unpaired) electrons. The van der Waals surface area contributed by atoms with Crippen molar-refractivity contribution in [2.45, 2.75) is 25.0 Å². The highest BCUT2D eigenvalue weighted by Gasteiger charge is 2.46. The van der Waals surface area contributed by atoms with Crippen LogP contribution in [-0.4, -0.2) is 18.9 Å². The predicted octanol–water partition coefficient (Wildman–Crippen LogP) is 2.66. The summed E-state index contributed by atoms with van der Waals surface area (Å²) in [5.41, 5.74) is 1.41. The van der Waals surface area contributed by atoms with E-state index < -0.39 is 14.8 Å². The molecule has 0 aliphatic heterocycles. The van der Waals surface area contributed by atoms with Gasteiger partial charge in [0.05, 0.1) is 0 Å². The van der Waals surface area contributed by atoms with Crippen LogP contribution in [0.15, 0.2) is 54.1 Å². The van der Waals surface area contributed by atoms with Crippen molar-refractivity contribution < 1.29 is 13.2 Å². The molecule has 0 aromatic heterocycles. The summed E-state index contributed by atoms with van der Waals surface area (Å²) in [4.78, 5) is 12.0. The fraction of sp³-hybridized carbons (Fsp3) is 0.267.